The first-order valence-corrected chi connectivity index (χ1v) is 6.48. The van der Waals surface area contributed by atoms with Gasteiger partial charge in [0.2, 0.25) is 0 Å². The molecule has 0 bridgehead atoms. The molecule has 1 N–H and O–H groups in total. The molecule has 0 saturated heterocycles. The second-order valence-electron chi connectivity index (χ2n) is 3.55. The normalized spacial score (nSPS) is 10.3. The van der Waals surface area contributed by atoms with Gasteiger partial charge in [-0.15, -0.1) is 10.2 Å². The van der Waals surface area contributed by atoms with Gasteiger partial charge in [-0.3, -0.25) is 9.78 Å². The van der Waals surface area contributed by atoms with Crippen molar-refractivity contribution in [1.82, 2.24) is 15.2 Å². The molecular formula is C12H13N3O2S. The molecule has 0 amide bonds. The quantitative estimate of drug-likeness (QED) is 0.656. The molecule has 1 heterocycles. The van der Waals surface area contributed by atoms with Crippen LogP contribution in [0.1, 0.15) is 5.69 Å². The van der Waals surface area contributed by atoms with Gasteiger partial charge in [0.25, 0.3) is 5.56 Å². The molecular weight excluding hydrogens is 250 g/mol. The van der Waals surface area contributed by atoms with Gasteiger partial charge in [-0.25, -0.2) is 0 Å². The molecule has 0 aliphatic heterocycles. The van der Waals surface area contributed by atoms with E-state index in [0.717, 1.165) is 5.75 Å². The molecule has 0 saturated carbocycles. The Balaban J connectivity index is 1.79. The molecule has 5 nitrogen and oxygen atoms in total. The molecule has 0 radical (unpaired) electrons. The Labute approximate surface area is 109 Å². The number of nitrogens with one attached hydrogen (secondary N) is 1. The Kier molecular flexibility index (Phi) is 4.35. The fourth-order valence-electron chi connectivity index (χ4n) is 1.26. The number of nitrogens with zero attached hydrogens (tertiary/aromatic N) is 2. The summed E-state index contributed by atoms with van der Waals surface area (Å²) >= 11 is 1.41. The third-order valence-electron chi connectivity index (χ3n) is 2.17. The molecule has 1 aromatic carbocycles. The number of ether oxygens (including phenoxy) is 1. The molecule has 1 aromatic heterocycles. The minimum atomic E-state index is -0.198. The Bertz CT molecular complexity index is 557. The highest BCUT2D eigenvalue weighted by atomic mass is 32.2. The van der Waals surface area contributed by atoms with Crippen molar-refractivity contribution < 1.29 is 4.74 Å². The minimum absolute atomic E-state index is 0.198. The van der Waals surface area contributed by atoms with Gasteiger partial charge in [-0.05, 0) is 19.1 Å². The van der Waals surface area contributed by atoms with Crippen molar-refractivity contribution in [3.63, 3.8) is 0 Å². The maximum atomic E-state index is 11.3. The summed E-state index contributed by atoms with van der Waals surface area (Å²) in [6.45, 7) is 2.17. The lowest BCUT2D eigenvalue weighted by molar-refractivity contribution is 0.344. The molecule has 6 heteroatoms. The predicted molar refractivity (Wildman–Crippen MR) is 70.1 cm³/mol. The van der Waals surface area contributed by atoms with Crippen molar-refractivity contribution in [3.05, 3.63) is 46.4 Å². The summed E-state index contributed by atoms with van der Waals surface area (Å²) in [5.41, 5.74) is 0.177. The summed E-state index contributed by atoms with van der Waals surface area (Å²) in [6, 6.07) is 9.58. The van der Waals surface area contributed by atoms with Crippen LogP contribution in [0.25, 0.3) is 0 Å². The highest BCUT2D eigenvalue weighted by Gasteiger charge is 2.01. The lowest BCUT2D eigenvalue weighted by Crippen LogP contribution is -2.14. The summed E-state index contributed by atoms with van der Waals surface area (Å²) in [7, 11) is 0. The highest BCUT2D eigenvalue weighted by molar-refractivity contribution is 7.99. The number of H-pyrrole nitrogens is 1. The van der Waals surface area contributed by atoms with Crippen molar-refractivity contribution in [2.24, 2.45) is 0 Å². The van der Waals surface area contributed by atoms with Crippen LogP contribution in [0.3, 0.4) is 0 Å². The highest BCUT2D eigenvalue weighted by Crippen LogP contribution is 2.12. The van der Waals surface area contributed by atoms with E-state index < -0.39 is 0 Å². The first kappa shape index (κ1) is 12.6. The van der Waals surface area contributed by atoms with Crippen LogP contribution in [0.2, 0.25) is 0 Å². The maximum absolute atomic E-state index is 11.3. The number of aryl methyl sites for hydroxylation is 1. The number of hydrogen-bond acceptors (Lipinski definition) is 5. The number of rotatable bonds is 5. The van der Waals surface area contributed by atoms with Gasteiger partial charge in [0.05, 0.1) is 6.61 Å². The Morgan fingerprint density at radius 3 is 2.78 bits per heavy atom. The Hall–Kier alpha value is -1.82. The number of para-hydroxylation sites is 1. The standard InChI is InChI=1S/C12H13N3O2S/c1-9-11(16)13-12(15-14-9)18-8-7-17-10-5-3-2-4-6-10/h2-6H,7-8H2,1H3,(H,13,15,16). The van der Waals surface area contributed by atoms with Gasteiger partial charge in [-0.2, -0.15) is 0 Å². The van der Waals surface area contributed by atoms with Crippen LogP contribution in [0.15, 0.2) is 40.3 Å². The van der Waals surface area contributed by atoms with Crippen LogP contribution < -0.4 is 10.3 Å². The zero-order valence-corrected chi connectivity index (χ0v) is 10.7. The second-order valence-corrected chi connectivity index (χ2v) is 4.64. The molecule has 0 unspecified atom stereocenters. The van der Waals surface area contributed by atoms with E-state index in [1.165, 1.54) is 11.8 Å². The SMILES string of the molecule is Cc1nnc(SCCOc2ccccc2)[nH]c1=O. The molecule has 2 aromatic rings. The molecule has 0 atom stereocenters. The predicted octanol–water partition coefficient (Wildman–Crippen LogP) is 1.64. The molecule has 2 rings (SSSR count). The number of aromatic nitrogens is 3. The molecule has 94 valence electrons. The largest absolute Gasteiger partial charge is 0.493 e. The lowest BCUT2D eigenvalue weighted by Gasteiger charge is -2.04. The average Bonchev–Trinajstić information content (AvgIpc) is 2.40. The first-order chi connectivity index (χ1) is 8.75. The number of hydrogen-bond donors (Lipinski definition) is 1. The third kappa shape index (κ3) is 3.59. The monoisotopic (exact) mass is 263 g/mol. The van der Waals surface area contributed by atoms with E-state index in [1.807, 2.05) is 30.3 Å². The van der Waals surface area contributed by atoms with Gasteiger partial charge in [0.15, 0.2) is 5.16 Å². The zero-order valence-electron chi connectivity index (χ0n) is 9.92. The van der Waals surface area contributed by atoms with Crippen LogP contribution in [-0.4, -0.2) is 27.5 Å². The van der Waals surface area contributed by atoms with Gasteiger partial charge in [-0.1, -0.05) is 30.0 Å². The van der Waals surface area contributed by atoms with E-state index in [9.17, 15) is 4.79 Å². The van der Waals surface area contributed by atoms with Crippen LogP contribution in [0, 0.1) is 6.92 Å². The van der Waals surface area contributed by atoms with Crippen molar-refractivity contribution in [2.45, 2.75) is 12.1 Å². The summed E-state index contributed by atoms with van der Waals surface area (Å²) in [4.78, 5) is 13.9. The first-order valence-electron chi connectivity index (χ1n) is 5.50. The van der Waals surface area contributed by atoms with Crippen LogP contribution in [0.5, 0.6) is 5.75 Å². The van der Waals surface area contributed by atoms with Crippen LogP contribution >= 0.6 is 11.8 Å². The smallest absolute Gasteiger partial charge is 0.273 e. The van der Waals surface area contributed by atoms with E-state index in [4.69, 9.17) is 4.74 Å². The van der Waals surface area contributed by atoms with Crippen molar-refractivity contribution in [1.29, 1.82) is 0 Å². The van der Waals surface area contributed by atoms with E-state index in [-0.39, 0.29) is 5.56 Å². The Morgan fingerprint density at radius 1 is 1.28 bits per heavy atom. The van der Waals surface area contributed by atoms with Crippen molar-refractivity contribution in [3.8, 4) is 5.75 Å². The maximum Gasteiger partial charge on any atom is 0.273 e. The van der Waals surface area contributed by atoms with Gasteiger partial charge >= 0.3 is 0 Å². The van der Waals surface area contributed by atoms with E-state index in [1.54, 1.807) is 6.92 Å². The summed E-state index contributed by atoms with van der Waals surface area (Å²) in [5.74, 6) is 1.53. The number of benzene rings is 1. The third-order valence-corrected chi connectivity index (χ3v) is 3.00. The van der Waals surface area contributed by atoms with Crippen LogP contribution in [0.4, 0.5) is 0 Å². The van der Waals surface area contributed by atoms with Gasteiger partial charge < -0.3 is 4.74 Å². The molecule has 18 heavy (non-hydrogen) atoms. The van der Waals surface area contributed by atoms with Crippen molar-refractivity contribution >= 4 is 11.8 Å². The second kappa shape index (κ2) is 6.20. The molecule has 0 aliphatic carbocycles. The van der Waals surface area contributed by atoms with Gasteiger partial charge in [0.1, 0.15) is 11.4 Å². The summed E-state index contributed by atoms with van der Waals surface area (Å²) < 4.78 is 5.52. The number of aromatic amines is 1. The lowest BCUT2D eigenvalue weighted by atomic mass is 10.3. The van der Waals surface area contributed by atoms with E-state index in [0.29, 0.717) is 23.2 Å². The fourth-order valence-corrected chi connectivity index (χ4v) is 1.88. The van der Waals surface area contributed by atoms with E-state index in [2.05, 4.69) is 15.2 Å². The molecule has 0 fully saturated rings. The van der Waals surface area contributed by atoms with Crippen molar-refractivity contribution in [2.75, 3.05) is 12.4 Å². The van der Waals surface area contributed by atoms with E-state index >= 15 is 0 Å². The summed E-state index contributed by atoms with van der Waals surface area (Å²) in [5, 5.41) is 8.16. The van der Waals surface area contributed by atoms with Crippen LogP contribution in [-0.2, 0) is 0 Å². The fraction of sp³-hybridized carbons (Fsp3) is 0.250. The zero-order chi connectivity index (χ0) is 12.8. The molecule has 0 aliphatic rings. The summed E-state index contributed by atoms with van der Waals surface area (Å²) in [6.07, 6.45) is 0. The van der Waals surface area contributed by atoms with Gasteiger partial charge in [0, 0.05) is 5.75 Å². The number of thioether (sulfide) groups is 1. The molecule has 0 spiro atoms. The average molecular weight is 263 g/mol. The minimum Gasteiger partial charge on any atom is -0.493 e. The topological polar surface area (TPSA) is 67.9 Å². The Morgan fingerprint density at radius 2 is 2.06 bits per heavy atom.